The van der Waals surface area contributed by atoms with Crippen LogP contribution in [0.2, 0.25) is 0 Å². The molecule has 26 heavy (non-hydrogen) atoms. The first-order valence-corrected chi connectivity index (χ1v) is 10.7. The number of amides is 2. The minimum atomic E-state index is -0.0480. The van der Waals surface area contributed by atoms with Gasteiger partial charge < -0.3 is 9.80 Å². The molecule has 0 spiro atoms. The third-order valence-corrected chi connectivity index (χ3v) is 6.93. The van der Waals surface area contributed by atoms with E-state index in [2.05, 4.69) is 16.9 Å². The lowest BCUT2D eigenvalue weighted by Crippen LogP contribution is -2.48. The lowest BCUT2D eigenvalue weighted by atomic mass is 9.94. The molecule has 7 heteroatoms. The van der Waals surface area contributed by atoms with Crippen LogP contribution in [0.3, 0.4) is 0 Å². The molecule has 4 aliphatic rings. The van der Waals surface area contributed by atoms with Crippen LogP contribution in [0.15, 0.2) is 10.9 Å². The molecule has 0 radical (unpaired) electrons. The van der Waals surface area contributed by atoms with E-state index < -0.39 is 0 Å². The number of nitrogens with zero attached hydrogens (tertiary/aromatic N) is 4. The first kappa shape index (κ1) is 17.9. The number of aromatic nitrogens is 1. The van der Waals surface area contributed by atoms with Crippen LogP contribution in [0.25, 0.3) is 0 Å². The van der Waals surface area contributed by atoms with Crippen molar-refractivity contribution < 1.29 is 9.59 Å². The Kier molecular flexibility index (Phi) is 5.27. The molecule has 4 fully saturated rings. The van der Waals surface area contributed by atoms with E-state index in [4.69, 9.17) is 0 Å². The third-order valence-electron chi connectivity index (χ3n) is 6.29. The molecular weight excluding hydrogens is 348 g/mol. The lowest BCUT2D eigenvalue weighted by molar-refractivity contribution is -0.140. The average molecular weight is 377 g/mol. The highest BCUT2D eigenvalue weighted by atomic mass is 32.1. The van der Waals surface area contributed by atoms with Crippen molar-refractivity contribution in [3.63, 3.8) is 0 Å². The summed E-state index contributed by atoms with van der Waals surface area (Å²) in [6.45, 7) is 2.31. The summed E-state index contributed by atoms with van der Waals surface area (Å²) in [6, 6.07) is 0.675. The van der Waals surface area contributed by atoms with E-state index in [0.717, 1.165) is 18.5 Å². The van der Waals surface area contributed by atoms with Gasteiger partial charge in [0.1, 0.15) is 0 Å². The van der Waals surface area contributed by atoms with Gasteiger partial charge in [-0.05, 0) is 32.7 Å². The van der Waals surface area contributed by atoms with Crippen molar-refractivity contribution in [1.82, 2.24) is 19.7 Å². The number of hydrogen-bond acceptors (Lipinski definition) is 5. The van der Waals surface area contributed by atoms with E-state index in [9.17, 15) is 9.59 Å². The maximum absolute atomic E-state index is 12.9. The third kappa shape index (κ3) is 3.64. The second kappa shape index (κ2) is 7.64. The summed E-state index contributed by atoms with van der Waals surface area (Å²) in [5, 5.41) is 2.01. The Hall–Kier alpha value is -1.47. The van der Waals surface area contributed by atoms with Gasteiger partial charge in [-0.2, -0.15) is 0 Å². The molecule has 3 saturated heterocycles. The Morgan fingerprint density at radius 1 is 1.27 bits per heavy atom. The monoisotopic (exact) mass is 376 g/mol. The zero-order valence-electron chi connectivity index (χ0n) is 15.5. The van der Waals surface area contributed by atoms with E-state index in [1.807, 2.05) is 20.7 Å². The number of thiazole rings is 1. The molecule has 2 bridgehead atoms. The van der Waals surface area contributed by atoms with Gasteiger partial charge in [0, 0.05) is 30.6 Å². The smallest absolute Gasteiger partial charge is 0.236 e. The largest absolute Gasteiger partial charge is 0.339 e. The first-order chi connectivity index (χ1) is 12.6. The Bertz CT molecular complexity index is 644. The van der Waals surface area contributed by atoms with Crippen molar-refractivity contribution in [3.8, 4) is 0 Å². The van der Waals surface area contributed by atoms with Crippen LogP contribution in [0.5, 0.6) is 0 Å². The minimum absolute atomic E-state index is 0.0480. The molecule has 3 aliphatic heterocycles. The van der Waals surface area contributed by atoms with Crippen molar-refractivity contribution in [1.29, 1.82) is 0 Å². The van der Waals surface area contributed by atoms with Crippen LogP contribution >= 0.6 is 11.3 Å². The second-order valence-corrected chi connectivity index (χ2v) is 8.74. The molecule has 0 aromatic carbocycles. The van der Waals surface area contributed by atoms with Gasteiger partial charge in [0.2, 0.25) is 11.8 Å². The van der Waals surface area contributed by atoms with Gasteiger partial charge >= 0.3 is 0 Å². The molecule has 0 N–H and O–H groups in total. The van der Waals surface area contributed by atoms with Gasteiger partial charge in [0.05, 0.1) is 30.2 Å². The zero-order valence-corrected chi connectivity index (χ0v) is 16.3. The van der Waals surface area contributed by atoms with E-state index in [0.29, 0.717) is 32.2 Å². The van der Waals surface area contributed by atoms with Crippen LogP contribution in [0.1, 0.15) is 44.2 Å². The molecule has 4 heterocycles. The summed E-state index contributed by atoms with van der Waals surface area (Å²) in [4.78, 5) is 36.3. The van der Waals surface area contributed by atoms with Crippen molar-refractivity contribution in [2.75, 3.05) is 26.7 Å². The number of piperidine rings is 1. The molecule has 2 amide bonds. The molecule has 2 atom stereocenters. The SMILES string of the molecule is CN(CC(=O)N1C[C@@H]2CC[C@H](C1)N(Cc1cscn1)C2=O)C1CCCC1. The fraction of sp³-hybridized carbons (Fsp3) is 0.737. The fourth-order valence-electron chi connectivity index (χ4n) is 4.73. The first-order valence-electron chi connectivity index (χ1n) is 9.77. The number of likely N-dealkylation sites (N-methyl/N-ethyl adjacent to an activating group) is 1. The lowest BCUT2D eigenvalue weighted by Gasteiger charge is -2.35. The van der Waals surface area contributed by atoms with Crippen molar-refractivity contribution >= 4 is 23.2 Å². The minimum Gasteiger partial charge on any atom is -0.339 e. The molecule has 6 nitrogen and oxygen atoms in total. The summed E-state index contributed by atoms with van der Waals surface area (Å²) in [5.74, 6) is 0.335. The standard InChI is InChI=1S/C19H28N4O2S/c1-21(16-4-2-3-5-16)11-18(24)22-8-14-6-7-17(10-22)23(19(14)25)9-15-12-26-13-20-15/h12-14,16-17H,2-11H2,1H3/t14-,17+/m0/s1. The van der Waals surface area contributed by atoms with Crippen molar-refractivity contribution in [2.24, 2.45) is 5.92 Å². The van der Waals surface area contributed by atoms with Crippen LogP contribution in [0.4, 0.5) is 0 Å². The Morgan fingerprint density at radius 2 is 2.08 bits per heavy atom. The van der Waals surface area contributed by atoms with E-state index in [-0.39, 0.29) is 23.8 Å². The highest BCUT2D eigenvalue weighted by Crippen LogP contribution is 2.31. The normalized spacial score (nSPS) is 26.8. The highest BCUT2D eigenvalue weighted by molar-refractivity contribution is 7.07. The van der Waals surface area contributed by atoms with Crippen LogP contribution in [-0.4, -0.2) is 70.3 Å². The van der Waals surface area contributed by atoms with Gasteiger partial charge in [-0.25, -0.2) is 4.98 Å². The van der Waals surface area contributed by atoms with Gasteiger partial charge in [-0.3, -0.25) is 14.5 Å². The van der Waals surface area contributed by atoms with Crippen LogP contribution in [0, 0.1) is 5.92 Å². The molecule has 1 saturated carbocycles. The maximum atomic E-state index is 12.9. The highest BCUT2D eigenvalue weighted by Gasteiger charge is 2.42. The Balaban J connectivity index is 1.41. The van der Waals surface area contributed by atoms with E-state index in [1.165, 1.54) is 25.7 Å². The number of carbonyl (C=O) groups is 2. The molecule has 5 rings (SSSR count). The zero-order chi connectivity index (χ0) is 18.1. The van der Waals surface area contributed by atoms with Crippen LogP contribution in [-0.2, 0) is 16.1 Å². The molecule has 0 unspecified atom stereocenters. The van der Waals surface area contributed by atoms with E-state index >= 15 is 0 Å². The summed E-state index contributed by atoms with van der Waals surface area (Å²) < 4.78 is 0. The topological polar surface area (TPSA) is 56.8 Å². The molecule has 142 valence electrons. The predicted octanol–water partition coefficient (Wildman–Crippen LogP) is 1.97. The summed E-state index contributed by atoms with van der Waals surface area (Å²) >= 11 is 1.56. The second-order valence-electron chi connectivity index (χ2n) is 8.03. The van der Waals surface area contributed by atoms with Crippen LogP contribution < -0.4 is 0 Å². The van der Waals surface area contributed by atoms with Gasteiger partial charge in [-0.15, -0.1) is 11.3 Å². The molecule has 1 aromatic rings. The van der Waals surface area contributed by atoms with E-state index in [1.54, 1.807) is 11.3 Å². The summed E-state index contributed by atoms with van der Waals surface area (Å²) in [5.41, 5.74) is 2.76. The number of carbonyl (C=O) groups excluding carboxylic acids is 2. The van der Waals surface area contributed by atoms with Gasteiger partial charge in [-0.1, -0.05) is 12.8 Å². The number of rotatable bonds is 5. The number of fused-ring (bicyclic) bond motifs is 4. The maximum Gasteiger partial charge on any atom is 0.236 e. The Labute approximate surface area is 159 Å². The average Bonchev–Trinajstić information content (AvgIpc) is 3.27. The van der Waals surface area contributed by atoms with Crippen molar-refractivity contribution in [2.45, 2.75) is 57.2 Å². The summed E-state index contributed by atoms with van der Waals surface area (Å²) in [6.07, 6.45) is 6.85. The Morgan fingerprint density at radius 3 is 2.81 bits per heavy atom. The van der Waals surface area contributed by atoms with Gasteiger partial charge in [0.15, 0.2) is 0 Å². The van der Waals surface area contributed by atoms with Crippen molar-refractivity contribution in [3.05, 3.63) is 16.6 Å². The summed E-state index contributed by atoms with van der Waals surface area (Å²) in [7, 11) is 2.07. The molecular formula is C19H28N4O2S. The fourth-order valence-corrected chi connectivity index (χ4v) is 5.28. The molecule has 1 aromatic heterocycles. The van der Waals surface area contributed by atoms with Gasteiger partial charge in [0.25, 0.3) is 0 Å². The quantitative estimate of drug-likeness (QED) is 0.788. The molecule has 1 aliphatic carbocycles. The number of hydrogen-bond donors (Lipinski definition) is 0. The predicted molar refractivity (Wildman–Crippen MR) is 101 cm³/mol.